The van der Waals surface area contributed by atoms with Crippen molar-refractivity contribution in [2.24, 2.45) is 0 Å². The van der Waals surface area contributed by atoms with Crippen molar-refractivity contribution in [1.82, 2.24) is 4.90 Å². The maximum absolute atomic E-state index is 8.60. The van der Waals surface area contributed by atoms with Gasteiger partial charge in [-0.1, -0.05) is 0 Å². The molecule has 1 atom stereocenters. The summed E-state index contributed by atoms with van der Waals surface area (Å²) in [6.07, 6.45) is 2.52. The molecule has 0 spiro atoms. The third-order valence-corrected chi connectivity index (χ3v) is 1.85. The van der Waals surface area contributed by atoms with Gasteiger partial charge in [-0.15, -0.1) is 0 Å². The highest BCUT2D eigenvalue weighted by Crippen LogP contribution is 2.13. The van der Waals surface area contributed by atoms with E-state index in [-0.39, 0.29) is 12.8 Å². The molecule has 0 saturated carbocycles. The fourth-order valence-electron chi connectivity index (χ4n) is 1.21. The highest BCUT2D eigenvalue weighted by Gasteiger charge is 2.18. The lowest BCUT2D eigenvalue weighted by Crippen LogP contribution is -2.33. The van der Waals surface area contributed by atoms with Crippen LogP contribution in [0.1, 0.15) is 12.8 Å². The lowest BCUT2D eigenvalue weighted by Gasteiger charge is -2.21. The summed E-state index contributed by atoms with van der Waals surface area (Å²) in [6, 6.07) is 0. The van der Waals surface area contributed by atoms with Crippen molar-refractivity contribution < 1.29 is 9.84 Å². The summed E-state index contributed by atoms with van der Waals surface area (Å²) in [5.41, 5.74) is 0. The van der Waals surface area contributed by atoms with E-state index in [4.69, 9.17) is 9.84 Å². The second kappa shape index (κ2) is 3.91. The van der Waals surface area contributed by atoms with Crippen LogP contribution in [0.2, 0.25) is 0 Å². The molecule has 1 fully saturated rings. The molecule has 1 unspecified atom stereocenters. The summed E-state index contributed by atoms with van der Waals surface area (Å²) in [5, 5.41) is 8.60. The van der Waals surface area contributed by atoms with E-state index in [1.54, 1.807) is 0 Å². The number of rotatable bonds is 3. The van der Waals surface area contributed by atoms with Crippen LogP contribution in [-0.2, 0) is 4.74 Å². The third kappa shape index (κ3) is 1.94. The summed E-state index contributed by atoms with van der Waals surface area (Å²) >= 11 is 0. The molecule has 1 N–H and O–H groups in total. The Morgan fingerprint density at radius 2 is 2.50 bits per heavy atom. The summed E-state index contributed by atoms with van der Waals surface area (Å²) in [7, 11) is 1.98. The first-order valence-electron chi connectivity index (χ1n) is 3.77. The maximum atomic E-state index is 8.60. The van der Waals surface area contributed by atoms with Gasteiger partial charge in [0.2, 0.25) is 0 Å². The van der Waals surface area contributed by atoms with Crippen LogP contribution in [0.15, 0.2) is 0 Å². The highest BCUT2D eigenvalue weighted by molar-refractivity contribution is 4.63. The number of hydrogen-bond donors (Lipinski definition) is 1. The van der Waals surface area contributed by atoms with Crippen molar-refractivity contribution >= 4 is 0 Å². The van der Waals surface area contributed by atoms with Crippen molar-refractivity contribution in [2.75, 3.05) is 26.8 Å². The van der Waals surface area contributed by atoms with Crippen molar-refractivity contribution in [3.8, 4) is 0 Å². The highest BCUT2D eigenvalue weighted by atomic mass is 16.5. The van der Waals surface area contributed by atoms with Crippen LogP contribution in [0, 0.1) is 0 Å². The standard InChI is InChI=1S/C7H15NO2/c1-8(4-5-9)7-3-2-6-10-7/h7,9H,2-6H2,1H3. The van der Waals surface area contributed by atoms with Gasteiger partial charge in [-0.25, -0.2) is 0 Å². The van der Waals surface area contributed by atoms with Crippen molar-refractivity contribution in [2.45, 2.75) is 19.1 Å². The number of ether oxygens (including phenoxy) is 1. The Bertz CT molecular complexity index is 91.6. The molecule has 0 bridgehead atoms. The largest absolute Gasteiger partial charge is 0.395 e. The normalized spacial score (nSPS) is 26.1. The van der Waals surface area contributed by atoms with Crippen LogP contribution in [0.3, 0.4) is 0 Å². The Morgan fingerprint density at radius 3 is 3.00 bits per heavy atom. The molecular formula is C7H15NO2. The molecule has 0 radical (unpaired) electrons. The number of hydrogen-bond acceptors (Lipinski definition) is 3. The van der Waals surface area contributed by atoms with Crippen molar-refractivity contribution in [3.05, 3.63) is 0 Å². The molecule has 0 aromatic heterocycles. The van der Waals surface area contributed by atoms with Crippen molar-refractivity contribution in [3.63, 3.8) is 0 Å². The molecule has 60 valence electrons. The van der Waals surface area contributed by atoms with Gasteiger partial charge in [0.15, 0.2) is 0 Å². The molecule has 1 saturated heterocycles. The molecule has 0 amide bonds. The molecule has 0 aromatic carbocycles. The summed E-state index contributed by atoms with van der Waals surface area (Å²) in [6.45, 7) is 1.81. The second-order valence-corrected chi connectivity index (χ2v) is 2.67. The van der Waals surface area contributed by atoms with Gasteiger partial charge in [-0.2, -0.15) is 0 Å². The SMILES string of the molecule is CN(CCO)C1CCCO1. The van der Waals surface area contributed by atoms with E-state index >= 15 is 0 Å². The van der Waals surface area contributed by atoms with Crippen LogP contribution >= 0.6 is 0 Å². The van der Waals surface area contributed by atoms with Crippen molar-refractivity contribution in [1.29, 1.82) is 0 Å². The maximum Gasteiger partial charge on any atom is 0.110 e. The van der Waals surface area contributed by atoms with E-state index in [1.807, 2.05) is 11.9 Å². The van der Waals surface area contributed by atoms with E-state index in [0.717, 1.165) is 19.4 Å². The van der Waals surface area contributed by atoms with Gasteiger partial charge >= 0.3 is 0 Å². The van der Waals surface area contributed by atoms with Gasteiger partial charge in [-0.05, 0) is 19.9 Å². The van der Waals surface area contributed by atoms with E-state index in [1.165, 1.54) is 0 Å². The average molecular weight is 145 g/mol. The topological polar surface area (TPSA) is 32.7 Å². The Morgan fingerprint density at radius 1 is 1.70 bits per heavy atom. The number of likely N-dealkylation sites (N-methyl/N-ethyl adjacent to an activating group) is 1. The Labute approximate surface area is 61.6 Å². The fourth-order valence-corrected chi connectivity index (χ4v) is 1.21. The van der Waals surface area contributed by atoms with Crippen LogP contribution in [0.4, 0.5) is 0 Å². The predicted molar refractivity (Wildman–Crippen MR) is 38.7 cm³/mol. The fraction of sp³-hybridized carbons (Fsp3) is 1.00. The minimum Gasteiger partial charge on any atom is -0.395 e. The summed E-state index contributed by atoms with van der Waals surface area (Å²) in [4.78, 5) is 2.05. The molecule has 1 aliphatic rings. The summed E-state index contributed by atoms with van der Waals surface area (Å²) < 4.78 is 5.38. The van der Waals surface area contributed by atoms with Crippen LogP contribution in [0.5, 0.6) is 0 Å². The lowest BCUT2D eigenvalue weighted by molar-refractivity contribution is -0.0114. The molecular weight excluding hydrogens is 130 g/mol. The Kier molecular flexibility index (Phi) is 3.12. The van der Waals surface area contributed by atoms with Crippen LogP contribution in [0.25, 0.3) is 0 Å². The minimum absolute atomic E-state index is 0.219. The molecule has 3 nitrogen and oxygen atoms in total. The second-order valence-electron chi connectivity index (χ2n) is 2.67. The Hall–Kier alpha value is -0.120. The molecule has 1 aliphatic heterocycles. The van der Waals surface area contributed by atoms with Gasteiger partial charge < -0.3 is 9.84 Å². The number of nitrogens with zero attached hydrogens (tertiary/aromatic N) is 1. The van der Waals surface area contributed by atoms with E-state index in [0.29, 0.717) is 6.54 Å². The van der Waals surface area contributed by atoms with Gasteiger partial charge in [0.05, 0.1) is 6.61 Å². The van der Waals surface area contributed by atoms with Crippen LogP contribution in [-0.4, -0.2) is 43.0 Å². The third-order valence-electron chi connectivity index (χ3n) is 1.85. The lowest BCUT2D eigenvalue weighted by atomic mass is 10.3. The van der Waals surface area contributed by atoms with Gasteiger partial charge in [0, 0.05) is 13.2 Å². The molecule has 3 heteroatoms. The molecule has 0 aromatic rings. The first-order chi connectivity index (χ1) is 4.84. The number of aliphatic hydroxyl groups is 1. The monoisotopic (exact) mass is 145 g/mol. The minimum atomic E-state index is 0.219. The zero-order valence-electron chi connectivity index (χ0n) is 6.42. The van der Waals surface area contributed by atoms with Gasteiger partial charge in [0.1, 0.15) is 6.23 Å². The predicted octanol–water partition coefficient (Wildman–Crippen LogP) is 0.0470. The van der Waals surface area contributed by atoms with Crippen LogP contribution < -0.4 is 0 Å². The Balaban J connectivity index is 2.18. The zero-order valence-corrected chi connectivity index (χ0v) is 6.42. The molecule has 10 heavy (non-hydrogen) atoms. The molecule has 1 rings (SSSR count). The first kappa shape index (κ1) is 7.98. The number of aliphatic hydroxyl groups excluding tert-OH is 1. The van der Waals surface area contributed by atoms with Gasteiger partial charge in [0.25, 0.3) is 0 Å². The molecule has 0 aliphatic carbocycles. The van der Waals surface area contributed by atoms with Gasteiger partial charge in [-0.3, -0.25) is 4.90 Å². The summed E-state index contributed by atoms with van der Waals surface area (Å²) in [5.74, 6) is 0. The quantitative estimate of drug-likeness (QED) is 0.609. The van der Waals surface area contributed by atoms with E-state index in [2.05, 4.69) is 0 Å². The van der Waals surface area contributed by atoms with E-state index in [9.17, 15) is 0 Å². The first-order valence-corrected chi connectivity index (χ1v) is 3.77. The average Bonchev–Trinajstić information content (AvgIpc) is 2.38. The van der Waals surface area contributed by atoms with E-state index < -0.39 is 0 Å². The zero-order chi connectivity index (χ0) is 7.40. The smallest absolute Gasteiger partial charge is 0.110 e. The molecule has 1 heterocycles.